The van der Waals surface area contributed by atoms with E-state index in [1.807, 2.05) is 0 Å². The van der Waals surface area contributed by atoms with Crippen LogP contribution in [0.5, 0.6) is 0 Å². The maximum Gasteiger partial charge on any atom is 0.170 e. The van der Waals surface area contributed by atoms with Gasteiger partial charge >= 0.3 is 0 Å². The van der Waals surface area contributed by atoms with Gasteiger partial charge in [0.15, 0.2) is 5.11 Å². The number of hydrogen-bond donors (Lipinski definition) is 2. The SMILES string of the molecule is CC[C@H]1CCCCN1CCCNC(=S)Nc1cc(C)ccc1C. The number of nitrogens with one attached hydrogen (secondary N) is 2. The molecule has 2 rings (SSSR count). The van der Waals surface area contributed by atoms with Gasteiger partial charge in [0.25, 0.3) is 0 Å². The highest BCUT2D eigenvalue weighted by atomic mass is 32.1. The van der Waals surface area contributed by atoms with Gasteiger partial charge in [-0.1, -0.05) is 25.5 Å². The fourth-order valence-electron chi connectivity index (χ4n) is 3.34. The van der Waals surface area contributed by atoms with Gasteiger partial charge in [-0.3, -0.25) is 0 Å². The maximum absolute atomic E-state index is 5.42. The van der Waals surface area contributed by atoms with Crippen molar-refractivity contribution in [3.8, 4) is 0 Å². The smallest absolute Gasteiger partial charge is 0.170 e. The van der Waals surface area contributed by atoms with E-state index in [2.05, 4.69) is 54.5 Å². The molecule has 1 aliphatic heterocycles. The molecular formula is C19H31N3S. The van der Waals surface area contributed by atoms with Crippen molar-refractivity contribution in [2.75, 3.05) is 25.0 Å². The van der Waals surface area contributed by atoms with Crippen LogP contribution in [0.15, 0.2) is 18.2 Å². The number of aryl methyl sites for hydroxylation is 2. The monoisotopic (exact) mass is 333 g/mol. The van der Waals surface area contributed by atoms with E-state index in [1.165, 1.54) is 49.9 Å². The van der Waals surface area contributed by atoms with Crippen LogP contribution >= 0.6 is 12.2 Å². The molecule has 1 aromatic rings. The van der Waals surface area contributed by atoms with Crippen LogP contribution in [-0.4, -0.2) is 35.7 Å². The standard InChI is InChI=1S/C19H31N3S/c1-4-17-8-5-6-12-22(17)13-7-11-20-19(23)21-18-14-15(2)9-10-16(18)3/h9-10,14,17H,4-8,11-13H2,1-3H3,(H2,20,21,23)/t17-/m0/s1. The first kappa shape index (κ1) is 18.2. The Morgan fingerprint density at radius 3 is 2.91 bits per heavy atom. The van der Waals surface area contributed by atoms with Gasteiger partial charge in [0, 0.05) is 24.8 Å². The third-order valence-corrected chi connectivity index (χ3v) is 5.02. The Balaban J connectivity index is 1.69. The molecule has 3 nitrogen and oxygen atoms in total. The Bertz CT molecular complexity index is 515. The number of thiocarbonyl (C=S) groups is 1. The van der Waals surface area contributed by atoms with E-state index in [-0.39, 0.29) is 0 Å². The zero-order valence-electron chi connectivity index (χ0n) is 14.8. The fraction of sp³-hybridized carbons (Fsp3) is 0.632. The molecule has 0 radical (unpaired) electrons. The van der Waals surface area contributed by atoms with E-state index in [1.54, 1.807) is 0 Å². The average Bonchev–Trinajstić information content (AvgIpc) is 2.55. The molecule has 0 amide bonds. The van der Waals surface area contributed by atoms with E-state index < -0.39 is 0 Å². The van der Waals surface area contributed by atoms with Gasteiger partial charge < -0.3 is 15.5 Å². The van der Waals surface area contributed by atoms with Crippen molar-refractivity contribution >= 4 is 23.0 Å². The number of anilines is 1. The van der Waals surface area contributed by atoms with Gasteiger partial charge in [-0.15, -0.1) is 0 Å². The quantitative estimate of drug-likeness (QED) is 0.601. The minimum Gasteiger partial charge on any atom is -0.362 e. The summed E-state index contributed by atoms with van der Waals surface area (Å²) in [6.07, 6.45) is 6.55. The second-order valence-electron chi connectivity index (χ2n) is 6.65. The average molecular weight is 334 g/mol. The molecule has 128 valence electrons. The van der Waals surface area contributed by atoms with Gasteiger partial charge in [-0.25, -0.2) is 0 Å². The lowest BCUT2D eigenvalue weighted by Crippen LogP contribution is -2.41. The van der Waals surface area contributed by atoms with Gasteiger partial charge in [-0.05, 0) is 75.5 Å². The number of benzene rings is 1. The highest BCUT2D eigenvalue weighted by Gasteiger charge is 2.19. The van der Waals surface area contributed by atoms with Crippen LogP contribution in [0.25, 0.3) is 0 Å². The molecule has 0 unspecified atom stereocenters. The van der Waals surface area contributed by atoms with Crippen LogP contribution in [-0.2, 0) is 0 Å². The zero-order chi connectivity index (χ0) is 16.7. The van der Waals surface area contributed by atoms with E-state index >= 15 is 0 Å². The van der Waals surface area contributed by atoms with Crippen molar-refractivity contribution in [1.29, 1.82) is 0 Å². The first-order valence-electron chi connectivity index (χ1n) is 8.96. The molecular weight excluding hydrogens is 302 g/mol. The minimum atomic E-state index is 0.726. The number of nitrogens with zero attached hydrogens (tertiary/aromatic N) is 1. The molecule has 1 fully saturated rings. The molecule has 1 aliphatic rings. The zero-order valence-corrected chi connectivity index (χ0v) is 15.6. The van der Waals surface area contributed by atoms with Crippen LogP contribution in [0.1, 0.15) is 50.2 Å². The lowest BCUT2D eigenvalue weighted by atomic mass is 10.00. The molecule has 23 heavy (non-hydrogen) atoms. The lowest BCUT2D eigenvalue weighted by Gasteiger charge is -2.35. The molecule has 1 heterocycles. The Morgan fingerprint density at radius 1 is 1.30 bits per heavy atom. The van der Waals surface area contributed by atoms with Crippen molar-refractivity contribution in [2.24, 2.45) is 0 Å². The summed E-state index contributed by atoms with van der Waals surface area (Å²) in [4.78, 5) is 2.66. The van der Waals surface area contributed by atoms with Crippen molar-refractivity contribution in [3.05, 3.63) is 29.3 Å². The summed E-state index contributed by atoms with van der Waals surface area (Å²) in [5.41, 5.74) is 3.57. The Morgan fingerprint density at radius 2 is 2.13 bits per heavy atom. The molecule has 1 aromatic carbocycles. The molecule has 4 heteroatoms. The van der Waals surface area contributed by atoms with Crippen molar-refractivity contribution in [2.45, 2.75) is 58.9 Å². The van der Waals surface area contributed by atoms with E-state index in [0.717, 1.165) is 29.8 Å². The Kier molecular flexibility index (Phi) is 7.31. The minimum absolute atomic E-state index is 0.726. The van der Waals surface area contributed by atoms with E-state index in [0.29, 0.717) is 0 Å². The number of rotatable bonds is 6. The van der Waals surface area contributed by atoms with Crippen LogP contribution in [0.4, 0.5) is 5.69 Å². The van der Waals surface area contributed by atoms with Crippen LogP contribution in [0.2, 0.25) is 0 Å². The van der Waals surface area contributed by atoms with Crippen molar-refractivity contribution in [1.82, 2.24) is 10.2 Å². The molecule has 0 aromatic heterocycles. The van der Waals surface area contributed by atoms with Crippen LogP contribution in [0.3, 0.4) is 0 Å². The molecule has 0 aliphatic carbocycles. The van der Waals surface area contributed by atoms with Crippen LogP contribution in [0, 0.1) is 13.8 Å². The molecule has 0 spiro atoms. The lowest BCUT2D eigenvalue weighted by molar-refractivity contribution is 0.143. The largest absolute Gasteiger partial charge is 0.362 e. The molecule has 1 atom stereocenters. The summed E-state index contributed by atoms with van der Waals surface area (Å²) < 4.78 is 0. The molecule has 0 saturated carbocycles. The fourth-order valence-corrected chi connectivity index (χ4v) is 3.55. The van der Waals surface area contributed by atoms with Crippen molar-refractivity contribution < 1.29 is 0 Å². The second kappa shape index (κ2) is 9.24. The topological polar surface area (TPSA) is 27.3 Å². The predicted molar refractivity (Wildman–Crippen MR) is 104 cm³/mol. The third kappa shape index (κ3) is 5.78. The van der Waals surface area contributed by atoms with Gasteiger partial charge in [0.1, 0.15) is 0 Å². The summed E-state index contributed by atoms with van der Waals surface area (Å²) in [7, 11) is 0. The Hall–Kier alpha value is -1.13. The summed E-state index contributed by atoms with van der Waals surface area (Å²) in [6.45, 7) is 9.89. The highest BCUT2D eigenvalue weighted by Crippen LogP contribution is 2.19. The molecule has 0 bridgehead atoms. The summed E-state index contributed by atoms with van der Waals surface area (Å²) in [5, 5.41) is 7.39. The molecule has 1 saturated heterocycles. The highest BCUT2D eigenvalue weighted by molar-refractivity contribution is 7.80. The van der Waals surface area contributed by atoms with Gasteiger partial charge in [0.05, 0.1) is 0 Å². The second-order valence-corrected chi connectivity index (χ2v) is 7.05. The van der Waals surface area contributed by atoms with Crippen LogP contribution < -0.4 is 10.6 Å². The summed E-state index contributed by atoms with van der Waals surface area (Å²) in [5.74, 6) is 0. The number of likely N-dealkylation sites (tertiary alicyclic amines) is 1. The Labute approximate surface area is 146 Å². The number of hydrogen-bond acceptors (Lipinski definition) is 2. The van der Waals surface area contributed by atoms with E-state index in [9.17, 15) is 0 Å². The summed E-state index contributed by atoms with van der Waals surface area (Å²) >= 11 is 5.42. The van der Waals surface area contributed by atoms with Gasteiger partial charge in [-0.2, -0.15) is 0 Å². The number of piperidine rings is 1. The predicted octanol–water partition coefficient (Wildman–Crippen LogP) is 4.24. The third-order valence-electron chi connectivity index (χ3n) is 4.77. The maximum atomic E-state index is 5.42. The van der Waals surface area contributed by atoms with E-state index in [4.69, 9.17) is 12.2 Å². The van der Waals surface area contributed by atoms with Crippen molar-refractivity contribution in [3.63, 3.8) is 0 Å². The normalized spacial score (nSPS) is 18.7. The molecule has 2 N–H and O–H groups in total. The summed E-state index contributed by atoms with van der Waals surface area (Å²) in [6, 6.07) is 7.19. The first-order valence-corrected chi connectivity index (χ1v) is 9.37. The van der Waals surface area contributed by atoms with Gasteiger partial charge in [0.2, 0.25) is 0 Å². The first-order chi connectivity index (χ1) is 11.1.